The zero-order chi connectivity index (χ0) is 20.9. The van der Waals surface area contributed by atoms with E-state index in [2.05, 4.69) is 41.5 Å². The summed E-state index contributed by atoms with van der Waals surface area (Å²) in [5.41, 5.74) is 1.61. The Bertz CT molecular complexity index is 767. The van der Waals surface area contributed by atoms with Gasteiger partial charge >= 0.3 is 11.9 Å². The highest BCUT2D eigenvalue weighted by Gasteiger charge is 2.22. The molecule has 0 spiro atoms. The number of ether oxygens (including phenoxy) is 2. The summed E-state index contributed by atoms with van der Waals surface area (Å²) >= 11 is 0. The lowest BCUT2D eigenvalue weighted by atomic mass is 9.86. The minimum Gasteiger partial charge on any atom is -0.426 e. The summed E-state index contributed by atoms with van der Waals surface area (Å²) in [6.45, 7) is 12.4. The Kier molecular flexibility index (Phi) is 6.65. The van der Waals surface area contributed by atoms with Crippen LogP contribution in [0.4, 0.5) is 0 Å². The van der Waals surface area contributed by atoms with Crippen molar-refractivity contribution in [3.8, 4) is 11.5 Å². The summed E-state index contributed by atoms with van der Waals surface area (Å²) in [5.74, 6) is 0.174. The maximum Gasteiger partial charge on any atom is 0.311 e. The molecular formula is C24H30O4. The first-order valence-electron chi connectivity index (χ1n) is 9.59. The number of hydrogen-bond acceptors (Lipinski definition) is 4. The molecule has 4 heteroatoms. The zero-order valence-electron chi connectivity index (χ0n) is 17.7. The van der Waals surface area contributed by atoms with Crippen molar-refractivity contribution < 1.29 is 19.1 Å². The smallest absolute Gasteiger partial charge is 0.311 e. The highest BCUT2D eigenvalue weighted by Crippen LogP contribution is 2.32. The molecule has 0 aliphatic carbocycles. The van der Waals surface area contributed by atoms with Crippen LogP contribution in [0.3, 0.4) is 0 Å². The van der Waals surface area contributed by atoms with Crippen LogP contribution in [-0.4, -0.2) is 11.9 Å². The van der Waals surface area contributed by atoms with Crippen molar-refractivity contribution in [3.05, 3.63) is 59.7 Å². The molecule has 0 saturated carbocycles. The van der Waals surface area contributed by atoms with Gasteiger partial charge < -0.3 is 9.47 Å². The molecule has 0 atom stereocenters. The maximum absolute atomic E-state index is 12.2. The molecule has 0 heterocycles. The first-order valence-corrected chi connectivity index (χ1v) is 9.59. The Morgan fingerprint density at radius 3 is 1.29 bits per heavy atom. The lowest BCUT2D eigenvalue weighted by Gasteiger charge is -2.22. The van der Waals surface area contributed by atoms with Gasteiger partial charge in [0.2, 0.25) is 0 Å². The Labute approximate surface area is 167 Å². The van der Waals surface area contributed by atoms with Crippen LogP contribution >= 0.6 is 0 Å². The molecule has 150 valence electrons. The second-order valence-electron chi connectivity index (χ2n) is 8.94. The lowest BCUT2D eigenvalue weighted by molar-refractivity contribution is -0.140. The van der Waals surface area contributed by atoms with Gasteiger partial charge in [0, 0.05) is 11.1 Å². The lowest BCUT2D eigenvalue weighted by Crippen LogP contribution is -2.19. The second-order valence-corrected chi connectivity index (χ2v) is 8.94. The molecule has 2 aromatic rings. The van der Waals surface area contributed by atoms with Crippen LogP contribution < -0.4 is 9.47 Å². The van der Waals surface area contributed by atoms with Gasteiger partial charge in [-0.1, -0.05) is 77.9 Å². The summed E-state index contributed by atoms with van der Waals surface area (Å²) in [6, 6.07) is 14.9. The van der Waals surface area contributed by atoms with Gasteiger partial charge in [0.1, 0.15) is 11.5 Å². The van der Waals surface area contributed by atoms with E-state index in [-0.39, 0.29) is 23.7 Å². The highest BCUT2D eigenvalue weighted by molar-refractivity contribution is 5.80. The third-order valence-electron chi connectivity index (χ3n) is 4.37. The van der Waals surface area contributed by atoms with Crippen LogP contribution in [0, 0.1) is 0 Å². The number of carbonyl (C=O) groups excluding carboxylic acids is 2. The molecule has 0 fully saturated rings. The zero-order valence-corrected chi connectivity index (χ0v) is 17.7. The standard InChI is InChI=1S/C24H30O4/c1-23(2,3)17-11-7-9-13-19(17)27-21(25)15-16-22(26)28-20-14-10-8-12-18(20)24(4,5)6/h7-14H,15-16H2,1-6H3. The summed E-state index contributed by atoms with van der Waals surface area (Å²) in [6.07, 6.45) is -0.0655. The molecule has 0 aliphatic heterocycles. The number of carbonyl (C=O) groups is 2. The third-order valence-corrected chi connectivity index (χ3v) is 4.37. The summed E-state index contributed by atoms with van der Waals surface area (Å²) < 4.78 is 11.0. The van der Waals surface area contributed by atoms with Crippen LogP contribution in [0.25, 0.3) is 0 Å². The van der Waals surface area contributed by atoms with E-state index in [1.54, 1.807) is 12.1 Å². The molecule has 0 bridgehead atoms. The van der Waals surface area contributed by atoms with Gasteiger partial charge in [-0.25, -0.2) is 0 Å². The molecule has 0 aliphatic rings. The van der Waals surface area contributed by atoms with Crippen molar-refractivity contribution in [2.45, 2.75) is 65.2 Å². The molecule has 0 amide bonds. The second kappa shape index (κ2) is 8.59. The Hall–Kier alpha value is -2.62. The molecule has 28 heavy (non-hydrogen) atoms. The van der Waals surface area contributed by atoms with Gasteiger partial charge in [0.25, 0.3) is 0 Å². The van der Waals surface area contributed by atoms with Crippen LogP contribution in [0.15, 0.2) is 48.5 Å². The average Bonchev–Trinajstić information content (AvgIpc) is 2.59. The largest absolute Gasteiger partial charge is 0.426 e. The molecule has 0 saturated heterocycles. The van der Waals surface area contributed by atoms with E-state index in [1.807, 2.05) is 36.4 Å². The molecule has 2 aromatic carbocycles. The van der Waals surface area contributed by atoms with Gasteiger partial charge in [-0.05, 0) is 23.0 Å². The fourth-order valence-corrected chi connectivity index (χ4v) is 2.90. The minimum atomic E-state index is -0.447. The van der Waals surface area contributed by atoms with E-state index < -0.39 is 11.9 Å². The van der Waals surface area contributed by atoms with Crippen LogP contribution in [0.2, 0.25) is 0 Å². The molecule has 4 nitrogen and oxygen atoms in total. The first-order chi connectivity index (χ1) is 13.0. The molecule has 2 rings (SSSR count). The summed E-state index contributed by atoms with van der Waals surface area (Å²) in [5, 5.41) is 0. The number of hydrogen-bond donors (Lipinski definition) is 0. The Balaban J connectivity index is 1.97. The number of para-hydroxylation sites is 2. The third kappa shape index (κ3) is 5.95. The van der Waals surface area contributed by atoms with E-state index in [9.17, 15) is 9.59 Å². The molecular weight excluding hydrogens is 352 g/mol. The summed E-state index contributed by atoms with van der Waals surface area (Å²) in [4.78, 5) is 24.5. The van der Waals surface area contributed by atoms with Crippen LogP contribution in [0.5, 0.6) is 11.5 Å². The SMILES string of the molecule is CC(C)(C)c1ccccc1OC(=O)CCC(=O)Oc1ccccc1C(C)(C)C. The monoisotopic (exact) mass is 382 g/mol. The normalized spacial score (nSPS) is 11.8. The van der Waals surface area contributed by atoms with Gasteiger partial charge in [0.05, 0.1) is 12.8 Å². The van der Waals surface area contributed by atoms with E-state index in [0.717, 1.165) is 11.1 Å². The van der Waals surface area contributed by atoms with Gasteiger partial charge in [0.15, 0.2) is 0 Å². The highest BCUT2D eigenvalue weighted by atomic mass is 16.5. The average molecular weight is 383 g/mol. The van der Waals surface area contributed by atoms with E-state index in [1.165, 1.54) is 0 Å². The summed E-state index contributed by atoms with van der Waals surface area (Å²) in [7, 11) is 0. The molecule has 0 unspecified atom stereocenters. The first kappa shape index (κ1) is 21.7. The molecule has 0 N–H and O–H groups in total. The van der Waals surface area contributed by atoms with Gasteiger partial charge in [-0.2, -0.15) is 0 Å². The topological polar surface area (TPSA) is 52.6 Å². The van der Waals surface area contributed by atoms with Crippen LogP contribution in [0.1, 0.15) is 65.5 Å². The Morgan fingerprint density at radius 1 is 0.643 bits per heavy atom. The van der Waals surface area contributed by atoms with Crippen molar-refractivity contribution in [1.29, 1.82) is 0 Å². The van der Waals surface area contributed by atoms with E-state index >= 15 is 0 Å². The number of benzene rings is 2. The number of rotatable bonds is 5. The fourth-order valence-electron chi connectivity index (χ4n) is 2.90. The maximum atomic E-state index is 12.2. The van der Waals surface area contributed by atoms with E-state index in [4.69, 9.17) is 9.47 Å². The van der Waals surface area contributed by atoms with Crippen molar-refractivity contribution in [2.75, 3.05) is 0 Å². The van der Waals surface area contributed by atoms with Crippen molar-refractivity contribution in [3.63, 3.8) is 0 Å². The predicted molar refractivity (Wildman–Crippen MR) is 111 cm³/mol. The van der Waals surface area contributed by atoms with Crippen molar-refractivity contribution in [2.24, 2.45) is 0 Å². The van der Waals surface area contributed by atoms with E-state index in [0.29, 0.717) is 11.5 Å². The fraction of sp³-hybridized carbons (Fsp3) is 0.417. The molecule has 0 aromatic heterocycles. The van der Waals surface area contributed by atoms with Gasteiger partial charge in [-0.15, -0.1) is 0 Å². The Morgan fingerprint density at radius 2 is 0.964 bits per heavy atom. The van der Waals surface area contributed by atoms with Crippen molar-refractivity contribution >= 4 is 11.9 Å². The van der Waals surface area contributed by atoms with Crippen LogP contribution in [-0.2, 0) is 20.4 Å². The minimum absolute atomic E-state index is 0.0327. The predicted octanol–water partition coefficient (Wildman–Crippen LogP) is 5.57. The quantitative estimate of drug-likeness (QED) is 0.501. The molecule has 0 radical (unpaired) electrons. The van der Waals surface area contributed by atoms with Gasteiger partial charge in [-0.3, -0.25) is 9.59 Å². The number of esters is 2. The van der Waals surface area contributed by atoms with Crippen molar-refractivity contribution in [1.82, 2.24) is 0 Å².